The molecular weight excluding hydrogens is 440 g/mol. The fraction of sp³-hybridized carbons (Fsp3) is 0.250. The van der Waals surface area contributed by atoms with E-state index in [4.69, 9.17) is 16.9 Å². The molecule has 0 aliphatic carbocycles. The number of hydrogen-bond acceptors (Lipinski definition) is 7. The van der Waals surface area contributed by atoms with Gasteiger partial charge in [0.15, 0.2) is 27.3 Å². The Bertz CT molecular complexity index is 1280. The number of amides is 1. The summed E-state index contributed by atoms with van der Waals surface area (Å²) in [6, 6.07) is 8.62. The lowest BCUT2D eigenvalue weighted by atomic mass is 10.2. The molecule has 0 aliphatic heterocycles. The topological polar surface area (TPSA) is 131 Å². The number of sulfone groups is 1. The molecule has 1 aromatic carbocycles. The van der Waals surface area contributed by atoms with E-state index in [0.29, 0.717) is 29.5 Å². The van der Waals surface area contributed by atoms with Crippen LogP contribution in [0, 0.1) is 11.3 Å². The van der Waals surface area contributed by atoms with Gasteiger partial charge in [0, 0.05) is 29.5 Å². The summed E-state index contributed by atoms with van der Waals surface area (Å²) in [4.78, 5) is 21.5. The van der Waals surface area contributed by atoms with E-state index in [1.807, 2.05) is 13.0 Å². The van der Waals surface area contributed by atoms with Crippen molar-refractivity contribution in [1.82, 2.24) is 25.1 Å². The zero-order valence-electron chi connectivity index (χ0n) is 17.0. The molecule has 160 valence electrons. The lowest BCUT2D eigenvalue weighted by Gasteiger charge is -2.15. The van der Waals surface area contributed by atoms with Crippen molar-refractivity contribution in [3.8, 4) is 11.9 Å². The van der Waals surface area contributed by atoms with Gasteiger partial charge in [0.05, 0.1) is 16.5 Å². The summed E-state index contributed by atoms with van der Waals surface area (Å²) in [5.41, 5.74) is 0.517. The highest BCUT2D eigenvalue weighted by Crippen LogP contribution is 2.21. The van der Waals surface area contributed by atoms with Crippen molar-refractivity contribution in [2.75, 3.05) is 6.26 Å². The second kappa shape index (κ2) is 8.83. The Labute approximate surface area is 184 Å². The largest absolute Gasteiger partial charge is 0.342 e. The number of carbonyl (C=O) groups is 1. The van der Waals surface area contributed by atoms with Crippen LogP contribution in [0.5, 0.6) is 0 Å². The van der Waals surface area contributed by atoms with Crippen LogP contribution < -0.4 is 5.32 Å². The van der Waals surface area contributed by atoms with Crippen LogP contribution in [0.4, 0.5) is 0 Å². The molecule has 2 heterocycles. The summed E-state index contributed by atoms with van der Waals surface area (Å²) in [7, 11) is -3.53. The minimum atomic E-state index is -3.53. The number of carbonyl (C=O) groups excluding carboxylic acids is 1. The van der Waals surface area contributed by atoms with Crippen molar-refractivity contribution in [3.63, 3.8) is 0 Å². The van der Waals surface area contributed by atoms with Gasteiger partial charge in [-0.3, -0.25) is 4.79 Å². The van der Waals surface area contributed by atoms with Gasteiger partial charge >= 0.3 is 0 Å². The van der Waals surface area contributed by atoms with Gasteiger partial charge in [-0.15, -0.1) is 5.10 Å². The molecule has 0 saturated carbocycles. The van der Waals surface area contributed by atoms with E-state index < -0.39 is 21.8 Å². The Hall–Kier alpha value is -3.29. The fourth-order valence-electron chi connectivity index (χ4n) is 2.80. The molecule has 1 N–H and O–H groups in total. The Morgan fingerprint density at radius 3 is 2.65 bits per heavy atom. The van der Waals surface area contributed by atoms with E-state index in [2.05, 4.69) is 20.4 Å². The predicted molar refractivity (Wildman–Crippen MR) is 114 cm³/mol. The second-order valence-electron chi connectivity index (χ2n) is 6.81. The van der Waals surface area contributed by atoms with Crippen molar-refractivity contribution < 1.29 is 13.2 Å². The quantitative estimate of drug-likeness (QED) is 0.600. The van der Waals surface area contributed by atoms with Crippen LogP contribution in [0.25, 0.3) is 5.82 Å². The van der Waals surface area contributed by atoms with Crippen LogP contribution in [-0.2, 0) is 16.3 Å². The number of pyridine rings is 1. The lowest BCUT2D eigenvalue weighted by Crippen LogP contribution is -2.29. The molecule has 0 unspecified atom stereocenters. The first-order valence-electron chi connectivity index (χ1n) is 9.26. The van der Waals surface area contributed by atoms with E-state index in [0.717, 1.165) is 6.26 Å². The molecular formula is C20H19ClN6O3S. The standard InChI is InChI=1S/C20H19ClN6O3S/c1-4-17-25-19(27(26-17)18-6-5-13(10-22)11-23-18)12(2)24-20(28)14-7-15(21)9-16(8-14)31(3,29)30/h5-9,11-12H,4H2,1-3H3,(H,24,28)/t12-/m0/s1. The normalized spacial score (nSPS) is 12.2. The fourth-order valence-corrected chi connectivity index (χ4v) is 3.78. The molecule has 31 heavy (non-hydrogen) atoms. The molecule has 0 fully saturated rings. The van der Waals surface area contributed by atoms with E-state index in [9.17, 15) is 13.2 Å². The maximum atomic E-state index is 12.8. The van der Waals surface area contributed by atoms with Crippen molar-refractivity contribution in [1.29, 1.82) is 5.26 Å². The molecule has 9 nitrogen and oxygen atoms in total. The molecule has 0 aliphatic rings. The minimum Gasteiger partial charge on any atom is -0.342 e. The van der Waals surface area contributed by atoms with Crippen LogP contribution in [0.2, 0.25) is 5.02 Å². The second-order valence-corrected chi connectivity index (χ2v) is 9.26. The minimum absolute atomic E-state index is 0.0454. The molecule has 0 spiro atoms. The first-order chi connectivity index (χ1) is 14.6. The number of aromatic nitrogens is 4. The van der Waals surface area contributed by atoms with Crippen molar-refractivity contribution in [2.45, 2.75) is 31.2 Å². The SMILES string of the molecule is CCc1nc([C@H](C)NC(=O)c2cc(Cl)cc(S(C)(=O)=O)c2)n(-c2ccc(C#N)cn2)n1. The highest BCUT2D eigenvalue weighted by molar-refractivity contribution is 7.90. The summed E-state index contributed by atoms with van der Waals surface area (Å²) < 4.78 is 25.2. The molecule has 1 atom stereocenters. The average Bonchev–Trinajstić information content (AvgIpc) is 3.17. The maximum absolute atomic E-state index is 12.8. The van der Waals surface area contributed by atoms with Crippen LogP contribution in [0.15, 0.2) is 41.4 Å². The summed E-state index contributed by atoms with van der Waals surface area (Å²) >= 11 is 6.00. The number of rotatable bonds is 6. The summed E-state index contributed by atoms with van der Waals surface area (Å²) in [6.45, 7) is 3.63. The molecule has 0 bridgehead atoms. The molecule has 3 rings (SSSR count). The van der Waals surface area contributed by atoms with Crippen LogP contribution >= 0.6 is 11.6 Å². The Morgan fingerprint density at radius 1 is 1.32 bits per heavy atom. The van der Waals surface area contributed by atoms with Gasteiger partial charge in [-0.25, -0.2) is 18.4 Å². The number of benzene rings is 1. The van der Waals surface area contributed by atoms with Gasteiger partial charge in [-0.05, 0) is 37.3 Å². The molecule has 11 heteroatoms. The third-order valence-corrected chi connectivity index (χ3v) is 5.69. The van der Waals surface area contributed by atoms with Gasteiger partial charge in [0.1, 0.15) is 6.07 Å². The third-order valence-electron chi connectivity index (χ3n) is 4.38. The lowest BCUT2D eigenvalue weighted by molar-refractivity contribution is 0.0937. The summed E-state index contributed by atoms with van der Waals surface area (Å²) in [5, 5.41) is 16.3. The van der Waals surface area contributed by atoms with Gasteiger partial charge in [-0.2, -0.15) is 9.94 Å². The van der Waals surface area contributed by atoms with Crippen LogP contribution in [-0.4, -0.2) is 40.3 Å². The number of nitrogens with one attached hydrogen (secondary N) is 1. The third kappa shape index (κ3) is 5.07. The molecule has 0 saturated heterocycles. The predicted octanol–water partition coefficient (Wildman–Crippen LogP) is 2.64. The number of hydrogen-bond donors (Lipinski definition) is 1. The van der Waals surface area contributed by atoms with E-state index >= 15 is 0 Å². The van der Waals surface area contributed by atoms with Crippen molar-refractivity contribution in [3.05, 3.63) is 64.3 Å². The highest BCUT2D eigenvalue weighted by Gasteiger charge is 2.21. The van der Waals surface area contributed by atoms with E-state index in [1.165, 1.54) is 29.1 Å². The van der Waals surface area contributed by atoms with Gasteiger partial charge in [0.2, 0.25) is 0 Å². The first-order valence-corrected chi connectivity index (χ1v) is 11.5. The summed E-state index contributed by atoms with van der Waals surface area (Å²) in [5.74, 6) is 0.932. The highest BCUT2D eigenvalue weighted by atomic mass is 35.5. The Morgan fingerprint density at radius 2 is 2.06 bits per heavy atom. The van der Waals surface area contributed by atoms with E-state index in [-0.39, 0.29) is 15.5 Å². The zero-order valence-corrected chi connectivity index (χ0v) is 18.6. The number of aryl methyl sites for hydroxylation is 1. The van der Waals surface area contributed by atoms with Crippen molar-refractivity contribution in [2.24, 2.45) is 0 Å². The Balaban J connectivity index is 1.92. The van der Waals surface area contributed by atoms with E-state index in [1.54, 1.807) is 19.1 Å². The first kappa shape index (κ1) is 22.4. The monoisotopic (exact) mass is 458 g/mol. The smallest absolute Gasteiger partial charge is 0.251 e. The average molecular weight is 459 g/mol. The van der Waals surface area contributed by atoms with Crippen LogP contribution in [0.3, 0.4) is 0 Å². The van der Waals surface area contributed by atoms with Crippen molar-refractivity contribution >= 4 is 27.3 Å². The summed E-state index contributed by atoms with van der Waals surface area (Å²) in [6.07, 6.45) is 3.04. The van der Waals surface area contributed by atoms with Gasteiger partial charge < -0.3 is 5.32 Å². The molecule has 0 radical (unpaired) electrons. The van der Waals surface area contributed by atoms with Gasteiger partial charge in [-0.1, -0.05) is 18.5 Å². The molecule has 3 aromatic rings. The number of nitriles is 1. The number of halogens is 1. The number of nitrogens with zero attached hydrogens (tertiary/aromatic N) is 5. The zero-order chi connectivity index (χ0) is 22.8. The van der Waals surface area contributed by atoms with Gasteiger partial charge in [0.25, 0.3) is 5.91 Å². The molecule has 1 amide bonds. The van der Waals surface area contributed by atoms with Crippen LogP contribution in [0.1, 0.15) is 47.5 Å². The Kier molecular flexibility index (Phi) is 6.38. The maximum Gasteiger partial charge on any atom is 0.251 e. The molecule has 2 aromatic heterocycles.